The first-order valence-electron chi connectivity index (χ1n) is 7.10. The Bertz CT molecular complexity index is 431. The van der Waals surface area contributed by atoms with E-state index >= 15 is 0 Å². The number of nitrogens with zero attached hydrogens (tertiary/aromatic N) is 2. The van der Waals surface area contributed by atoms with E-state index in [0.717, 1.165) is 23.5 Å². The molecule has 2 rings (SSSR count). The van der Waals surface area contributed by atoms with Crippen LogP contribution >= 0.6 is 0 Å². The first-order chi connectivity index (χ1) is 8.90. The summed E-state index contributed by atoms with van der Waals surface area (Å²) in [5.74, 6) is 0.831. The van der Waals surface area contributed by atoms with Gasteiger partial charge in [0.05, 0.1) is 0 Å². The fraction of sp³-hybridized carbons (Fsp3) is 0.600. The number of oxazole rings is 1. The highest BCUT2D eigenvalue weighted by Crippen LogP contribution is 2.15. The van der Waals surface area contributed by atoms with Crippen LogP contribution in [0.15, 0.2) is 22.7 Å². The SMILES string of the molecule is CCCCCCCCCc1nc2ncccc2o1. The summed E-state index contributed by atoms with van der Waals surface area (Å²) in [4.78, 5) is 8.56. The van der Waals surface area contributed by atoms with Crippen LogP contribution in [0.3, 0.4) is 0 Å². The number of pyridine rings is 1. The van der Waals surface area contributed by atoms with Gasteiger partial charge in [-0.25, -0.2) is 4.98 Å². The lowest BCUT2D eigenvalue weighted by Gasteiger charge is -1.99. The van der Waals surface area contributed by atoms with E-state index in [2.05, 4.69) is 16.9 Å². The van der Waals surface area contributed by atoms with Crippen molar-refractivity contribution in [3.05, 3.63) is 24.2 Å². The Morgan fingerprint density at radius 3 is 2.61 bits per heavy atom. The third-order valence-corrected chi connectivity index (χ3v) is 3.20. The Labute approximate surface area is 109 Å². The molecule has 0 aliphatic heterocycles. The Morgan fingerprint density at radius 2 is 1.83 bits per heavy atom. The maximum absolute atomic E-state index is 5.64. The molecule has 0 atom stereocenters. The van der Waals surface area contributed by atoms with Crippen molar-refractivity contribution >= 4 is 11.2 Å². The molecule has 0 saturated heterocycles. The average molecular weight is 246 g/mol. The summed E-state index contributed by atoms with van der Waals surface area (Å²) in [5, 5.41) is 0. The molecule has 0 aromatic carbocycles. The average Bonchev–Trinajstić information content (AvgIpc) is 2.80. The zero-order chi connectivity index (χ0) is 12.6. The van der Waals surface area contributed by atoms with Crippen LogP contribution in [0.25, 0.3) is 11.2 Å². The number of hydrogen-bond donors (Lipinski definition) is 0. The van der Waals surface area contributed by atoms with Crippen molar-refractivity contribution in [3.63, 3.8) is 0 Å². The lowest BCUT2D eigenvalue weighted by molar-refractivity contribution is 0.504. The minimum Gasteiger partial charge on any atom is -0.439 e. The first kappa shape index (κ1) is 13.1. The minimum atomic E-state index is 0.732. The second kappa shape index (κ2) is 7.14. The highest BCUT2D eigenvalue weighted by atomic mass is 16.3. The number of aryl methyl sites for hydroxylation is 1. The molecule has 98 valence electrons. The van der Waals surface area contributed by atoms with Crippen LogP contribution in [-0.4, -0.2) is 9.97 Å². The Hall–Kier alpha value is -1.38. The van der Waals surface area contributed by atoms with E-state index in [0.29, 0.717) is 0 Å². The van der Waals surface area contributed by atoms with Gasteiger partial charge >= 0.3 is 0 Å². The highest BCUT2D eigenvalue weighted by molar-refractivity contribution is 5.66. The largest absolute Gasteiger partial charge is 0.439 e. The molecule has 0 aliphatic rings. The lowest BCUT2D eigenvalue weighted by atomic mass is 10.1. The summed E-state index contributed by atoms with van der Waals surface area (Å²) in [6.45, 7) is 2.25. The van der Waals surface area contributed by atoms with Crippen molar-refractivity contribution in [1.82, 2.24) is 9.97 Å². The molecule has 0 saturated carbocycles. The molecule has 0 spiro atoms. The van der Waals surface area contributed by atoms with Crippen LogP contribution in [0.5, 0.6) is 0 Å². The van der Waals surface area contributed by atoms with Gasteiger partial charge in [-0.2, -0.15) is 4.98 Å². The molecule has 0 N–H and O–H groups in total. The summed E-state index contributed by atoms with van der Waals surface area (Å²) in [6.07, 6.45) is 11.9. The molecule has 3 nitrogen and oxygen atoms in total. The Kier molecular flexibility index (Phi) is 5.18. The first-order valence-corrected chi connectivity index (χ1v) is 7.10. The molecule has 0 fully saturated rings. The predicted octanol–water partition coefficient (Wildman–Crippen LogP) is 4.52. The summed E-state index contributed by atoms with van der Waals surface area (Å²) < 4.78 is 5.64. The molecular weight excluding hydrogens is 224 g/mol. The van der Waals surface area contributed by atoms with Crippen molar-refractivity contribution in [3.8, 4) is 0 Å². The minimum absolute atomic E-state index is 0.732. The maximum Gasteiger partial charge on any atom is 0.198 e. The monoisotopic (exact) mass is 246 g/mol. The molecule has 2 aromatic heterocycles. The van der Waals surface area contributed by atoms with Crippen LogP contribution in [-0.2, 0) is 6.42 Å². The van der Waals surface area contributed by atoms with Gasteiger partial charge < -0.3 is 4.42 Å². The van der Waals surface area contributed by atoms with Crippen LogP contribution in [0.4, 0.5) is 0 Å². The zero-order valence-electron chi connectivity index (χ0n) is 11.2. The van der Waals surface area contributed by atoms with E-state index in [-0.39, 0.29) is 0 Å². The summed E-state index contributed by atoms with van der Waals surface area (Å²) in [5.41, 5.74) is 1.53. The van der Waals surface area contributed by atoms with Crippen LogP contribution < -0.4 is 0 Å². The van der Waals surface area contributed by atoms with Crippen molar-refractivity contribution in [1.29, 1.82) is 0 Å². The number of fused-ring (bicyclic) bond motifs is 1. The summed E-state index contributed by atoms with van der Waals surface area (Å²) in [7, 11) is 0. The molecule has 3 heteroatoms. The van der Waals surface area contributed by atoms with Gasteiger partial charge in [-0.3, -0.25) is 0 Å². The van der Waals surface area contributed by atoms with E-state index in [1.165, 1.54) is 44.9 Å². The topological polar surface area (TPSA) is 38.9 Å². The molecular formula is C15H22N2O. The summed E-state index contributed by atoms with van der Waals surface area (Å²) in [6, 6.07) is 3.80. The van der Waals surface area contributed by atoms with E-state index in [9.17, 15) is 0 Å². The second-order valence-corrected chi connectivity index (χ2v) is 4.80. The van der Waals surface area contributed by atoms with Gasteiger partial charge in [-0.05, 0) is 18.6 Å². The van der Waals surface area contributed by atoms with E-state index in [4.69, 9.17) is 4.42 Å². The quantitative estimate of drug-likeness (QED) is 0.643. The predicted molar refractivity (Wildman–Crippen MR) is 73.5 cm³/mol. The van der Waals surface area contributed by atoms with Crippen molar-refractivity contribution in [2.45, 2.75) is 58.3 Å². The van der Waals surface area contributed by atoms with Crippen molar-refractivity contribution < 1.29 is 4.42 Å². The standard InChI is InChI=1S/C15H22N2O/c1-2-3-4-5-6-7-8-11-14-17-15-13(18-14)10-9-12-16-15/h9-10,12H,2-8,11H2,1H3. The van der Waals surface area contributed by atoms with E-state index in [1.807, 2.05) is 12.1 Å². The van der Waals surface area contributed by atoms with Crippen molar-refractivity contribution in [2.24, 2.45) is 0 Å². The maximum atomic E-state index is 5.64. The molecule has 2 aromatic rings. The van der Waals surface area contributed by atoms with E-state index in [1.54, 1.807) is 6.20 Å². The van der Waals surface area contributed by atoms with Gasteiger partial charge in [0.15, 0.2) is 17.1 Å². The van der Waals surface area contributed by atoms with Gasteiger partial charge in [-0.15, -0.1) is 0 Å². The smallest absolute Gasteiger partial charge is 0.198 e. The van der Waals surface area contributed by atoms with Crippen LogP contribution in [0.1, 0.15) is 57.8 Å². The van der Waals surface area contributed by atoms with Gasteiger partial charge in [0, 0.05) is 12.6 Å². The molecule has 0 aliphatic carbocycles. The van der Waals surface area contributed by atoms with Gasteiger partial charge in [-0.1, -0.05) is 45.4 Å². The molecule has 0 radical (unpaired) electrons. The van der Waals surface area contributed by atoms with Crippen molar-refractivity contribution in [2.75, 3.05) is 0 Å². The third kappa shape index (κ3) is 3.83. The zero-order valence-corrected chi connectivity index (χ0v) is 11.2. The third-order valence-electron chi connectivity index (χ3n) is 3.20. The fourth-order valence-corrected chi connectivity index (χ4v) is 2.15. The highest BCUT2D eigenvalue weighted by Gasteiger charge is 2.05. The molecule has 0 amide bonds. The number of rotatable bonds is 8. The Balaban J connectivity index is 1.67. The van der Waals surface area contributed by atoms with E-state index < -0.39 is 0 Å². The van der Waals surface area contributed by atoms with Crippen LogP contribution in [0.2, 0.25) is 0 Å². The normalized spacial score (nSPS) is 11.2. The molecule has 0 unspecified atom stereocenters. The van der Waals surface area contributed by atoms with Gasteiger partial charge in [0.25, 0.3) is 0 Å². The number of hydrogen-bond acceptors (Lipinski definition) is 3. The summed E-state index contributed by atoms with van der Waals surface area (Å²) >= 11 is 0. The molecule has 0 bridgehead atoms. The Morgan fingerprint density at radius 1 is 1.06 bits per heavy atom. The molecule has 18 heavy (non-hydrogen) atoms. The molecule has 2 heterocycles. The number of aromatic nitrogens is 2. The lowest BCUT2D eigenvalue weighted by Crippen LogP contribution is -1.86. The van der Waals surface area contributed by atoms with Crippen LogP contribution in [0, 0.1) is 0 Å². The number of unbranched alkanes of at least 4 members (excludes halogenated alkanes) is 6. The fourth-order valence-electron chi connectivity index (χ4n) is 2.15. The second-order valence-electron chi connectivity index (χ2n) is 4.80. The van der Waals surface area contributed by atoms with Gasteiger partial charge in [0.2, 0.25) is 0 Å². The van der Waals surface area contributed by atoms with Gasteiger partial charge in [0.1, 0.15) is 0 Å².